The van der Waals surface area contributed by atoms with Gasteiger partial charge in [0.2, 0.25) is 0 Å². The Morgan fingerprint density at radius 2 is 2.25 bits per heavy atom. The minimum atomic E-state index is 0.172. The van der Waals surface area contributed by atoms with Gasteiger partial charge in [0.05, 0.1) is 6.61 Å². The first kappa shape index (κ1) is 11.3. The van der Waals surface area contributed by atoms with Gasteiger partial charge in [0, 0.05) is 19.0 Å². The minimum Gasteiger partial charge on any atom is -0.494 e. The first-order chi connectivity index (χ1) is 7.88. The molecule has 0 aromatic heterocycles. The van der Waals surface area contributed by atoms with Crippen molar-refractivity contribution in [3.63, 3.8) is 0 Å². The third-order valence-electron chi connectivity index (χ3n) is 2.50. The van der Waals surface area contributed by atoms with Gasteiger partial charge in [-0.2, -0.15) is 0 Å². The first-order valence-electron chi connectivity index (χ1n) is 5.82. The molecule has 1 aromatic rings. The van der Waals surface area contributed by atoms with E-state index in [1.807, 2.05) is 31.2 Å². The van der Waals surface area contributed by atoms with Crippen LogP contribution in [0.5, 0.6) is 11.5 Å². The van der Waals surface area contributed by atoms with E-state index in [0.29, 0.717) is 6.61 Å². The zero-order chi connectivity index (χ0) is 11.2. The summed E-state index contributed by atoms with van der Waals surface area (Å²) in [5.41, 5.74) is 0. The fourth-order valence-corrected chi connectivity index (χ4v) is 1.77. The fraction of sp³-hybridized carbons (Fsp3) is 0.462. The molecule has 2 rings (SSSR count). The maximum absolute atomic E-state index is 5.84. The van der Waals surface area contributed by atoms with Gasteiger partial charge in [-0.15, -0.1) is 0 Å². The summed E-state index contributed by atoms with van der Waals surface area (Å²) in [4.78, 5) is 0. The molecular formula is C13H18NO2. The summed E-state index contributed by atoms with van der Waals surface area (Å²) in [6, 6.07) is 7.80. The Morgan fingerprint density at radius 1 is 1.38 bits per heavy atom. The first-order valence-corrected chi connectivity index (χ1v) is 5.82. The fourth-order valence-electron chi connectivity index (χ4n) is 1.77. The average molecular weight is 220 g/mol. The van der Waals surface area contributed by atoms with Gasteiger partial charge in [-0.3, -0.25) is 0 Å². The average Bonchev–Trinajstić information content (AvgIpc) is 2.31. The van der Waals surface area contributed by atoms with E-state index in [1.165, 1.54) is 0 Å². The minimum absolute atomic E-state index is 0.172. The molecule has 0 amide bonds. The molecule has 0 aliphatic carbocycles. The molecule has 0 spiro atoms. The molecule has 1 aliphatic heterocycles. The Hall–Kier alpha value is -1.22. The maximum Gasteiger partial charge on any atom is 0.123 e. The van der Waals surface area contributed by atoms with Crippen LogP contribution in [0, 0.1) is 6.42 Å². The van der Waals surface area contributed by atoms with E-state index in [2.05, 4.69) is 11.7 Å². The molecule has 1 atom stereocenters. The van der Waals surface area contributed by atoms with Crippen LogP contribution in [0.3, 0.4) is 0 Å². The van der Waals surface area contributed by atoms with E-state index >= 15 is 0 Å². The van der Waals surface area contributed by atoms with E-state index in [0.717, 1.165) is 31.0 Å². The van der Waals surface area contributed by atoms with Crippen LogP contribution in [0.25, 0.3) is 0 Å². The van der Waals surface area contributed by atoms with Crippen molar-refractivity contribution in [2.75, 3.05) is 19.7 Å². The van der Waals surface area contributed by atoms with Gasteiger partial charge >= 0.3 is 0 Å². The number of hydrogen-bond acceptors (Lipinski definition) is 3. The molecule has 1 saturated heterocycles. The summed E-state index contributed by atoms with van der Waals surface area (Å²) >= 11 is 0. The van der Waals surface area contributed by atoms with Gasteiger partial charge < -0.3 is 14.8 Å². The lowest BCUT2D eigenvalue weighted by molar-refractivity contribution is 0.209. The van der Waals surface area contributed by atoms with E-state index in [1.54, 1.807) is 0 Å². The second-order valence-electron chi connectivity index (χ2n) is 3.79. The second kappa shape index (κ2) is 5.75. The predicted molar refractivity (Wildman–Crippen MR) is 63.8 cm³/mol. The van der Waals surface area contributed by atoms with Crippen molar-refractivity contribution in [2.24, 2.45) is 0 Å². The molecule has 87 valence electrons. The van der Waals surface area contributed by atoms with Gasteiger partial charge in [0.25, 0.3) is 0 Å². The molecule has 0 bridgehead atoms. The maximum atomic E-state index is 5.84. The number of hydrogen-bond donors (Lipinski definition) is 1. The summed E-state index contributed by atoms with van der Waals surface area (Å²) in [5, 5.41) is 3.31. The van der Waals surface area contributed by atoms with Gasteiger partial charge in [-0.1, -0.05) is 6.07 Å². The van der Waals surface area contributed by atoms with Crippen LogP contribution in [-0.4, -0.2) is 25.8 Å². The van der Waals surface area contributed by atoms with Crippen LogP contribution in [0.1, 0.15) is 13.3 Å². The van der Waals surface area contributed by atoms with Crippen molar-refractivity contribution in [1.82, 2.24) is 5.32 Å². The van der Waals surface area contributed by atoms with Crippen LogP contribution in [0.2, 0.25) is 0 Å². The van der Waals surface area contributed by atoms with E-state index < -0.39 is 0 Å². The molecule has 1 aliphatic rings. The molecule has 16 heavy (non-hydrogen) atoms. The Labute approximate surface area is 96.8 Å². The Kier molecular flexibility index (Phi) is 4.05. The third kappa shape index (κ3) is 3.14. The highest BCUT2D eigenvalue weighted by molar-refractivity contribution is 5.33. The molecule has 1 heterocycles. The van der Waals surface area contributed by atoms with Crippen LogP contribution >= 0.6 is 0 Å². The Morgan fingerprint density at radius 3 is 3.00 bits per heavy atom. The standard InChI is InChI=1S/C13H18NO2/c1-2-15-11-5-3-6-12(9-11)16-13-7-4-8-14-10-13/h3,5-7,9,13-14H,2,4,8,10H2,1H3. The van der Waals surface area contributed by atoms with Crippen molar-refractivity contribution in [3.8, 4) is 11.5 Å². The molecule has 1 N–H and O–H groups in total. The van der Waals surface area contributed by atoms with Crippen LogP contribution < -0.4 is 14.8 Å². The lowest BCUT2D eigenvalue weighted by Crippen LogP contribution is -2.37. The van der Waals surface area contributed by atoms with Crippen LogP contribution in [0.4, 0.5) is 0 Å². The normalized spacial score (nSPS) is 20.4. The van der Waals surface area contributed by atoms with Gasteiger partial charge in [-0.05, 0) is 32.0 Å². The summed E-state index contributed by atoms with van der Waals surface area (Å²) in [5.74, 6) is 1.74. The van der Waals surface area contributed by atoms with Crippen molar-refractivity contribution in [3.05, 3.63) is 30.7 Å². The monoisotopic (exact) mass is 220 g/mol. The van der Waals surface area contributed by atoms with Gasteiger partial charge in [0.1, 0.15) is 17.6 Å². The largest absolute Gasteiger partial charge is 0.494 e. The lowest BCUT2D eigenvalue weighted by atomic mass is 10.1. The van der Waals surface area contributed by atoms with E-state index in [9.17, 15) is 0 Å². The smallest absolute Gasteiger partial charge is 0.123 e. The topological polar surface area (TPSA) is 30.5 Å². The molecular weight excluding hydrogens is 202 g/mol. The van der Waals surface area contributed by atoms with Crippen molar-refractivity contribution in [2.45, 2.75) is 19.4 Å². The molecule has 1 fully saturated rings. The van der Waals surface area contributed by atoms with Gasteiger partial charge in [0.15, 0.2) is 0 Å². The predicted octanol–water partition coefficient (Wildman–Crippen LogP) is 2.03. The molecule has 1 aromatic carbocycles. The summed E-state index contributed by atoms with van der Waals surface area (Å²) in [6.07, 6.45) is 3.45. The molecule has 1 unspecified atom stereocenters. The second-order valence-corrected chi connectivity index (χ2v) is 3.79. The number of ether oxygens (including phenoxy) is 2. The van der Waals surface area contributed by atoms with Gasteiger partial charge in [-0.25, -0.2) is 0 Å². The highest BCUT2D eigenvalue weighted by atomic mass is 16.5. The van der Waals surface area contributed by atoms with E-state index in [4.69, 9.17) is 9.47 Å². The molecule has 1 radical (unpaired) electrons. The Bertz CT molecular complexity index is 321. The molecule has 3 heteroatoms. The number of benzene rings is 1. The zero-order valence-corrected chi connectivity index (χ0v) is 9.61. The number of piperidine rings is 1. The van der Waals surface area contributed by atoms with Crippen LogP contribution in [0.15, 0.2) is 24.3 Å². The van der Waals surface area contributed by atoms with Crippen molar-refractivity contribution in [1.29, 1.82) is 0 Å². The van der Waals surface area contributed by atoms with Crippen molar-refractivity contribution >= 4 is 0 Å². The highest BCUT2D eigenvalue weighted by Gasteiger charge is 2.14. The van der Waals surface area contributed by atoms with Crippen LogP contribution in [-0.2, 0) is 0 Å². The number of rotatable bonds is 4. The zero-order valence-electron chi connectivity index (χ0n) is 9.61. The van der Waals surface area contributed by atoms with E-state index in [-0.39, 0.29) is 6.10 Å². The Balaban J connectivity index is 1.94. The highest BCUT2D eigenvalue weighted by Crippen LogP contribution is 2.21. The SMILES string of the molecule is CCOc1cccc(OC2[CH]CCNC2)c1. The third-order valence-corrected chi connectivity index (χ3v) is 2.50. The quantitative estimate of drug-likeness (QED) is 0.842. The summed E-state index contributed by atoms with van der Waals surface area (Å²) < 4.78 is 11.3. The number of nitrogens with one attached hydrogen (secondary N) is 1. The molecule has 0 saturated carbocycles. The van der Waals surface area contributed by atoms with Crippen molar-refractivity contribution < 1.29 is 9.47 Å². The lowest BCUT2D eigenvalue weighted by Gasteiger charge is -2.23. The molecule has 3 nitrogen and oxygen atoms in total. The summed E-state index contributed by atoms with van der Waals surface area (Å²) in [7, 11) is 0. The summed E-state index contributed by atoms with van der Waals surface area (Å²) in [6.45, 7) is 4.60.